The molecule has 8 heteroatoms. The Hall–Kier alpha value is -2.98. The van der Waals surface area contributed by atoms with Crippen LogP contribution < -0.4 is 5.32 Å². The van der Waals surface area contributed by atoms with Crippen molar-refractivity contribution in [3.63, 3.8) is 0 Å². The number of hydrogen-bond acceptors (Lipinski definition) is 3. The van der Waals surface area contributed by atoms with E-state index in [-0.39, 0.29) is 34.2 Å². The van der Waals surface area contributed by atoms with E-state index in [4.69, 9.17) is 21.3 Å². The lowest BCUT2D eigenvalue weighted by molar-refractivity contribution is -0.137. The zero-order valence-electron chi connectivity index (χ0n) is 13.2. The van der Waals surface area contributed by atoms with Crippen LogP contribution in [0.3, 0.4) is 0 Å². The monoisotopic (exact) mass is 380 g/mol. The second-order valence-corrected chi connectivity index (χ2v) is 5.47. The summed E-state index contributed by atoms with van der Waals surface area (Å²) in [5.74, 6) is -0.419. The van der Waals surface area contributed by atoms with Gasteiger partial charge in [-0.25, -0.2) is 0 Å². The highest BCUT2D eigenvalue weighted by atomic mass is 35.5. The molecule has 0 fully saturated rings. The molecule has 1 aromatic carbocycles. The number of alkyl halides is 3. The second-order valence-electron chi connectivity index (χ2n) is 5.06. The van der Waals surface area contributed by atoms with Crippen LogP contribution in [0.4, 0.5) is 13.2 Å². The normalized spacial score (nSPS) is 11.7. The Morgan fingerprint density at radius 3 is 2.69 bits per heavy atom. The number of carbonyl (C=O) groups excluding carboxylic acids is 1. The third kappa shape index (κ3) is 4.55. The predicted octanol–water partition coefficient (Wildman–Crippen LogP) is 4.83. The van der Waals surface area contributed by atoms with Crippen LogP contribution in [0.25, 0.3) is 17.4 Å². The van der Waals surface area contributed by atoms with E-state index in [0.29, 0.717) is 0 Å². The van der Waals surface area contributed by atoms with Crippen molar-refractivity contribution in [3.8, 4) is 17.4 Å². The maximum atomic E-state index is 12.9. The summed E-state index contributed by atoms with van der Waals surface area (Å²) in [6.45, 7) is 3.62. The molecule has 0 atom stereocenters. The summed E-state index contributed by atoms with van der Waals surface area (Å²) in [7, 11) is 0. The number of amides is 1. The number of nitriles is 1. The molecule has 4 nitrogen and oxygen atoms in total. The van der Waals surface area contributed by atoms with E-state index in [1.165, 1.54) is 24.3 Å². The highest BCUT2D eigenvalue weighted by Crippen LogP contribution is 2.36. The summed E-state index contributed by atoms with van der Waals surface area (Å²) < 4.78 is 44.0. The van der Waals surface area contributed by atoms with E-state index >= 15 is 0 Å². The molecule has 2 aromatic rings. The van der Waals surface area contributed by atoms with E-state index in [0.717, 1.165) is 18.2 Å². The Bertz CT molecular complexity index is 908. The molecule has 0 unspecified atom stereocenters. The second kappa shape index (κ2) is 7.93. The number of halogens is 4. The van der Waals surface area contributed by atoms with Crippen molar-refractivity contribution in [3.05, 3.63) is 64.9 Å². The molecule has 1 aromatic heterocycles. The Labute approximate surface area is 152 Å². The molecule has 0 saturated carbocycles. The molecule has 0 bridgehead atoms. The fraction of sp³-hybridized carbons (Fsp3) is 0.111. The van der Waals surface area contributed by atoms with E-state index in [1.54, 1.807) is 6.07 Å². The molecular weight excluding hydrogens is 369 g/mol. The number of nitrogens with zero attached hydrogens (tertiary/aromatic N) is 1. The fourth-order valence-electron chi connectivity index (χ4n) is 2.02. The van der Waals surface area contributed by atoms with Gasteiger partial charge in [0.05, 0.1) is 10.6 Å². The molecule has 0 aliphatic rings. The Kier molecular flexibility index (Phi) is 5.90. The lowest BCUT2D eigenvalue weighted by Gasteiger charge is -2.09. The van der Waals surface area contributed by atoms with Crippen molar-refractivity contribution in [2.24, 2.45) is 0 Å². The summed E-state index contributed by atoms with van der Waals surface area (Å²) in [6, 6.07) is 7.42. The minimum Gasteiger partial charge on any atom is -0.457 e. The number of furan rings is 1. The van der Waals surface area contributed by atoms with Gasteiger partial charge in [0.25, 0.3) is 5.91 Å². The van der Waals surface area contributed by atoms with Crippen molar-refractivity contribution in [2.75, 3.05) is 6.54 Å². The van der Waals surface area contributed by atoms with Gasteiger partial charge in [0.1, 0.15) is 23.2 Å². The van der Waals surface area contributed by atoms with E-state index in [1.807, 2.05) is 0 Å². The van der Waals surface area contributed by atoms with Gasteiger partial charge >= 0.3 is 6.18 Å². The first-order valence-electron chi connectivity index (χ1n) is 7.24. The van der Waals surface area contributed by atoms with Crippen LogP contribution in [0.15, 0.2) is 53.0 Å². The van der Waals surface area contributed by atoms with Crippen LogP contribution >= 0.6 is 11.6 Å². The zero-order valence-corrected chi connectivity index (χ0v) is 14.0. The summed E-state index contributed by atoms with van der Waals surface area (Å²) in [5.41, 5.74) is -1.04. The topological polar surface area (TPSA) is 66.0 Å². The van der Waals surface area contributed by atoms with Crippen molar-refractivity contribution in [1.82, 2.24) is 5.32 Å². The van der Waals surface area contributed by atoms with Gasteiger partial charge < -0.3 is 9.73 Å². The quantitative estimate of drug-likeness (QED) is 0.459. The lowest BCUT2D eigenvalue weighted by atomic mass is 10.1. The first-order valence-corrected chi connectivity index (χ1v) is 7.62. The highest BCUT2D eigenvalue weighted by molar-refractivity contribution is 6.33. The molecular formula is C18H12ClF3N2O2. The van der Waals surface area contributed by atoms with Gasteiger partial charge in [-0.15, -0.1) is 6.58 Å². The van der Waals surface area contributed by atoms with Crippen LogP contribution in [-0.2, 0) is 11.0 Å². The van der Waals surface area contributed by atoms with Crippen LogP contribution in [0.2, 0.25) is 5.02 Å². The predicted molar refractivity (Wildman–Crippen MR) is 91.0 cm³/mol. The summed E-state index contributed by atoms with van der Waals surface area (Å²) in [4.78, 5) is 11.8. The van der Waals surface area contributed by atoms with Crippen molar-refractivity contribution in [1.29, 1.82) is 5.26 Å². The fourth-order valence-corrected chi connectivity index (χ4v) is 2.23. The highest BCUT2D eigenvalue weighted by Gasteiger charge is 2.31. The van der Waals surface area contributed by atoms with Crippen molar-refractivity contribution >= 4 is 23.6 Å². The van der Waals surface area contributed by atoms with Gasteiger partial charge in [0, 0.05) is 18.2 Å². The molecule has 0 aliphatic heterocycles. The number of benzene rings is 1. The molecule has 134 valence electrons. The summed E-state index contributed by atoms with van der Waals surface area (Å²) >= 11 is 5.96. The Morgan fingerprint density at radius 2 is 2.08 bits per heavy atom. The maximum Gasteiger partial charge on any atom is 0.416 e. The molecule has 0 aliphatic carbocycles. The van der Waals surface area contributed by atoms with Crippen LogP contribution in [0.1, 0.15) is 11.3 Å². The first-order chi connectivity index (χ1) is 12.3. The van der Waals surface area contributed by atoms with E-state index in [2.05, 4.69) is 11.9 Å². The lowest BCUT2D eigenvalue weighted by Crippen LogP contribution is -2.24. The molecule has 0 spiro atoms. The molecule has 1 N–H and O–H groups in total. The maximum absolute atomic E-state index is 12.9. The molecule has 0 saturated heterocycles. The van der Waals surface area contributed by atoms with E-state index < -0.39 is 17.6 Å². The minimum atomic E-state index is -4.52. The minimum absolute atomic E-state index is 0.0516. The Balaban J connectivity index is 2.36. The SMILES string of the molecule is C=CCNC(=O)/C(C#N)=C/c1ccc(-c2cc(C(F)(F)F)ccc2Cl)o1. The third-order valence-corrected chi connectivity index (χ3v) is 3.57. The van der Waals surface area contributed by atoms with Crippen molar-refractivity contribution < 1.29 is 22.4 Å². The van der Waals surface area contributed by atoms with Crippen LogP contribution in [0.5, 0.6) is 0 Å². The van der Waals surface area contributed by atoms with Gasteiger partial charge in [-0.2, -0.15) is 18.4 Å². The van der Waals surface area contributed by atoms with E-state index in [9.17, 15) is 18.0 Å². The van der Waals surface area contributed by atoms with Gasteiger partial charge in [-0.3, -0.25) is 4.79 Å². The molecule has 1 heterocycles. The van der Waals surface area contributed by atoms with Gasteiger partial charge in [-0.05, 0) is 30.3 Å². The number of hydrogen-bond donors (Lipinski definition) is 1. The van der Waals surface area contributed by atoms with Gasteiger partial charge in [0.15, 0.2) is 0 Å². The summed E-state index contributed by atoms with van der Waals surface area (Å²) in [6.07, 6.45) is -1.89. The average molecular weight is 381 g/mol. The largest absolute Gasteiger partial charge is 0.457 e. The standard InChI is InChI=1S/C18H12ClF3N2O2/c1-2-7-24-17(25)11(10-23)8-13-4-6-16(26-13)14-9-12(18(20,21)22)3-5-15(14)19/h2-6,8-9H,1,7H2,(H,24,25)/b11-8+. The van der Waals surface area contributed by atoms with Crippen molar-refractivity contribution in [2.45, 2.75) is 6.18 Å². The summed E-state index contributed by atoms with van der Waals surface area (Å²) in [5, 5.41) is 11.6. The Morgan fingerprint density at radius 1 is 1.35 bits per heavy atom. The average Bonchev–Trinajstić information content (AvgIpc) is 3.05. The number of rotatable bonds is 5. The molecule has 2 rings (SSSR count). The van der Waals surface area contributed by atoms with Gasteiger partial charge in [-0.1, -0.05) is 17.7 Å². The zero-order chi connectivity index (χ0) is 19.3. The molecule has 1 amide bonds. The molecule has 0 radical (unpaired) electrons. The van der Waals surface area contributed by atoms with Crippen LogP contribution in [0, 0.1) is 11.3 Å². The third-order valence-electron chi connectivity index (χ3n) is 3.24. The smallest absolute Gasteiger partial charge is 0.416 e. The number of carbonyl (C=O) groups is 1. The van der Waals surface area contributed by atoms with Crippen LogP contribution in [-0.4, -0.2) is 12.5 Å². The number of nitrogens with one attached hydrogen (secondary N) is 1. The van der Waals surface area contributed by atoms with Gasteiger partial charge in [0.2, 0.25) is 0 Å². The molecule has 26 heavy (non-hydrogen) atoms. The first kappa shape index (κ1) is 19.3.